The quantitative estimate of drug-likeness (QED) is 0.629. The van der Waals surface area contributed by atoms with Crippen LogP contribution in [0.5, 0.6) is 5.75 Å². The normalized spacial score (nSPS) is 10.9. The van der Waals surface area contributed by atoms with Gasteiger partial charge in [0, 0.05) is 12.0 Å². The van der Waals surface area contributed by atoms with Gasteiger partial charge in [-0.1, -0.05) is 24.3 Å². The molecule has 0 aliphatic rings. The number of ether oxygens (including phenoxy) is 1. The van der Waals surface area contributed by atoms with Gasteiger partial charge in [0.05, 0.1) is 16.4 Å². The van der Waals surface area contributed by atoms with Crippen molar-refractivity contribution in [2.75, 3.05) is 6.61 Å². The third kappa shape index (κ3) is 3.26. The van der Waals surface area contributed by atoms with Gasteiger partial charge >= 0.3 is 0 Å². The van der Waals surface area contributed by atoms with Gasteiger partial charge in [-0.3, -0.25) is 0 Å². The molecule has 2 aromatic rings. The second kappa shape index (κ2) is 6.47. The maximum absolute atomic E-state index is 12.6. The summed E-state index contributed by atoms with van der Waals surface area (Å²) < 4.78 is 30.8. The number of hydrogen-bond acceptors (Lipinski definition) is 3. The van der Waals surface area contributed by atoms with Gasteiger partial charge in [0.15, 0.2) is 0 Å². The Morgan fingerprint density at radius 3 is 2.48 bits per heavy atom. The fraction of sp³-hybridized carbons (Fsp3) is 0.176. The molecule has 3 nitrogen and oxygen atoms in total. The second-order valence-electron chi connectivity index (χ2n) is 4.50. The van der Waals surface area contributed by atoms with Crippen LogP contribution < -0.4 is 4.74 Å². The first kappa shape index (κ1) is 15.1. The van der Waals surface area contributed by atoms with E-state index in [9.17, 15) is 8.42 Å². The fourth-order valence-electron chi connectivity index (χ4n) is 1.99. The first-order valence-electron chi connectivity index (χ1n) is 6.53. The zero-order chi connectivity index (χ0) is 15.3. The molecular formula is C17H16O3S. The molecule has 21 heavy (non-hydrogen) atoms. The summed E-state index contributed by atoms with van der Waals surface area (Å²) in [4.78, 5) is 0.529. The lowest BCUT2D eigenvalue weighted by atomic mass is 10.2. The molecule has 0 radical (unpaired) electrons. The molecule has 0 spiro atoms. The molecule has 4 heteroatoms. The first-order chi connectivity index (χ1) is 10.1. The largest absolute Gasteiger partial charge is 0.492 e. The van der Waals surface area contributed by atoms with E-state index in [4.69, 9.17) is 11.2 Å². The molecule has 0 saturated carbocycles. The second-order valence-corrected chi connectivity index (χ2v) is 6.42. The first-order valence-corrected chi connectivity index (χ1v) is 8.01. The molecule has 0 unspecified atom stereocenters. The molecule has 2 aromatic carbocycles. The van der Waals surface area contributed by atoms with Crippen molar-refractivity contribution in [3.8, 4) is 18.1 Å². The van der Waals surface area contributed by atoms with E-state index in [1.807, 2.05) is 0 Å². The van der Waals surface area contributed by atoms with E-state index >= 15 is 0 Å². The average molecular weight is 300 g/mol. The summed E-state index contributed by atoms with van der Waals surface area (Å²) in [5.74, 6) is 3.03. The minimum Gasteiger partial charge on any atom is -0.492 e. The van der Waals surface area contributed by atoms with Crippen molar-refractivity contribution < 1.29 is 13.2 Å². The van der Waals surface area contributed by atoms with Gasteiger partial charge < -0.3 is 4.74 Å². The number of rotatable bonds is 5. The van der Waals surface area contributed by atoms with E-state index in [1.165, 1.54) is 0 Å². The van der Waals surface area contributed by atoms with E-state index in [1.54, 1.807) is 55.5 Å². The maximum Gasteiger partial charge on any atom is 0.206 e. The van der Waals surface area contributed by atoms with E-state index in [0.29, 0.717) is 24.3 Å². The summed E-state index contributed by atoms with van der Waals surface area (Å²) in [6.07, 6.45) is 5.66. The van der Waals surface area contributed by atoms with Crippen LogP contribution in [0.2, 0.25) is 0 Å². The predicted molar refractivity (Wildman–Crippen MR) is 82.0 cm³/mol. The van der Waals surface area contributed by atoms with Gasteiger partial charge in [0.2, 0.25) is 9.84 Å². The molecule has 0 N–H and O–H groups in total. The van der Waals surface area contributed by atoms with Crippen LogP contribution in [0.3, 0.4) is 0 Å². The Bertz CT molecular complexity index is 756. The van der Waals surface area contributed by atoms with Crippen LogP contribution in [0.25, 0.3) is 0 Å². The van der Waals surface area contributed by atoms with Gasteiger partial charge in [-0.05, 0) is 31.2 Å². The molecule has 0 amide bonds. The number of sulfone groups is 1. The highest BCUT2D eigenvalue weighted by atomic mass is 32.2. The van der Waals surface area contributed by atoms with Crippen LogP contribution in [0.4, 0.5) is 0 Å². The van der Waals surface area contributed by atoms with Crippen LogP contribution >= 0.6 is 0 Å². The molecule has 0 aromatic heterocycles. The van der Waals surface area contributed by atoms with Crippen LogP contribution in [0.1, 0.15) is 12.0 Å². The molecule has 0 atom stereocenters. The summed E-state index contributed by atoms with van der Waals surface area (Å²) in [6, 6.07) is 13.4. The average Bonchev–Trinajstić information content (AvgIpc) is 2.50. The third-order valence-electron chi connectivity index (χ3n) is 3.08. The summed E-state index contributed by atoms with van der Waals surface area (Å²) in [5.41, 5.74) is 0.596. The highest BCUT2D eigenvalue weighted by molar-refractivity contribution is 7.91. The Morgan fingerprint density at radius 2 is 1.81 bits per heavy atom. The molecule has 0 bridgehead atoms. The van der Waals surface area contributed by atoms with Gasteiger partial charge in [0.1, 0.15) is 5.75 Å². The lowest BCUT2D eigenvalue weighted by Gasteiger charge is -2.12. The van der Waals surface area contributed by atoms with Crippen LogP contribution in [-0.4, -0.2) is 15.0 Å². The SMILES string of the molecule is C#CCCOc1cccc(S(=O)(=O)c2ccccc2)c1C. The molecule has 0 heterocycles. The van der Waals surface area contributed by atoms with E-state index in [0.717, 1.165) is 0 Å². The van der Waals surface area contributed by atoms with E-state index < -0.39 is 9.84 Å². The van der Waals surface area contributed by atoms with Gasteiger partial charge in [0.25, 0.3) is 0 Å². The predicted octanol–water partition coefficient (Wildman–Crippen LogP) is 3.23. The highest BCUT2D eigenvalue weighted by Gasteiger charge is 2.21. The Labute approximate surface area is 125 Å². The van der Waals surface area contributed by atoms with E-state index in [2.05, 4.69) is 5.92 Å². The molecular weight excluding hydrogens is 284 g/mol. The molecule has 2 rings (SSSR count). The van der Waals surface area contributed by atoms with Crippen molar-refractivity contribution in [1.29, 1.82) is 0 Å². The molecule has 108 valence electrons. The van der Waals surface area contributed by atoms with Crippen molar-refractivity contribution >= 4 is 9.84 Å². The van der Waals surface area contributed by atoms with Gasteiger partial charge in [-0.2, -0.15) is 0 Å². The Balaban J connectivity index is 2.41. The lowest BCUT2D eigenvalue weighted by molar-refractivity contribution is 0.324. The van der Waals surface area contributed by atoms with Crippen LogP contribution in [-0.2, 0) is 9.84 Å². The minimum absolute atomic E-state index is 0.256. The van der Waals surface area contributed by atoms with Crippen molar-refractivity contribution in [1.82, 2.24) is 0 Å². The number of benzene rings is 2. The molecule has 0 fully saturated rings. The smallest absolute Gasteiger partial charge is 0.206 e. The third-order valence-corrected chi connectivity index (χ3v) is 5.00. The molecule has 0 saturated heterocycles. The van der Waals surface area contributed by atoms with Crippen molar-refractivity contribution in [3.05, 3.63) is 54.1 Å². The lowest BCUT2D eigenvalue weighted by Crippen LogP contribution is -2.06. The number of hydrogen-bond donors (Lipinski definition) is 0. The Hall–Kier alpha value is -2.25. The Kier molecular flexibility index (Phi) is 4.66. The monoisotopic (exact) mass is 300 g/mol. The van der Waals surface area contributed by atoms with Crippen LogP contribution in [0, 0.1) is 19.3 Å². The summed E-state index contributed by atoms with van der Waals surface area (Å²) in [6.45, 7) is 2.10. The topological polar surface area (TPSA) is 43.4 Å². The van der Waals surface area contributed by atoms with Crippen molar-refractivity contribution in [2.45, 2.75) is 23.1 Å². The Morgan fingerprint density at radius 1 is 1.10 bits per heavy atom. The summed E-state index contributed by atoms with van der Waals surface area (Å²) >= 11 is 0. The number of terminal acetylenes is 1. The highest BCUT2D eigenvalue weighted by Crippen LogP contribution is 2.29. The van der Waals surface area contributed by atoms with Crippen molar-refractivity contribution in [3.63, 3.8) is 0 Å². The van der Waals surface area contributed by atoms with Gasteiger partial charge in [-0.25, -0.2) is 8.42 Å². The maximum atomic E-state index is 12.6. The zero-order valence-electron chi connectivity index (χ0n) is 11.7. The van der Waals surface area contributed by atoms with Crippen molar-refractivity contribution in [2.24, 2.45) is 0 Å². The van der Waals surface area contributed by atoms with Crippen LogP contribution in [0.15, 0.2) is 58.3 Å². The van der Waals surface area contributed by atoms with Gasteiger partial charge in [-0.15, -0.1) is 12.3 Å². The summed E-state index contributed by atoms with van der Waals surface area (Å²) in [5, 5.41) is 0. The fourth-order valence-corrected chi connectivity index (χ4v) is 3.52. The molecule has 0 aliphatic heterocycles. The minimum atomic E-state index is -3.54. The molecule has 0 aliphatic carbocycles. The zero-order valence-corrected chi connectivity index (χ0v) is 12.6. The van der Waals surface area contributed by atoms with E-state index in [-0.39, 0.29) is 9.79 Å². The summed E-state index contributed by atoms with van der Waals surface area (Å²) in [7, 11) is -3.54. The standard InChI is InChI=1S/C17H16O3S/c1-3-4-13-20-16-11-8-12-17(14(16)2)21(18,19)15-9-6-5-7-10-15/h1,5-12H,4,13H2,2H3.